The minimum Gasteiger partial charge on any atom is -0.375 e. The van der Waals surface area contributed by atoms with Crippen LogP contribution in [-0.2, 0) is 16.1 Å². The zero-order chi connectivity index (χ0) is 17.7. The van der Waals surface area contributed by atoms with Crippen LogP contribution in [-0.4, -0.2) is 79.6 Å². The van der Waals surface area contributed by atoms with Crippen LogP contribution in [0.3, 0.4) is 0 Å². The molecule has 5 nitrogen and oxygen atoms in total. The zero-order valence-corrected chi connectivity index (χ0v) is 15.6. The number of likely N-dealkylation sites (N-methyl/N-ethyl adjacent to an activating group) is 1. The molecule has 2 saturated heterocycles. The van der Waals surface area contributed by atoms with Gasteiger partial charge in [0.15, 0.2) is 0 Å². The maximum Gasteiger partial charge on any atom is 0.222 e. The van der Waals surface area contributed by atoms with E-state index in [1.165, 1.54) is 5.56 Å². The highest BCUT2D eigenvalue weighted by Gasteiger charge is 2.41. The number of likely N-dealkylation sites (tertiary alicyclic amines) is 1. The molecular weight excluding hydrogens is 314 g/mol. The second kappa shape index (κ2) is 8.30. The topological polar surface area (TPSA) is 36.0 Å². The minimum absolute atomic E-state index is 0.137. The largest absolute Gasteiger partial charge is 0.375 e. The van der Waals surface area contributed by atoms with Crippen molar-refractivity contribution in [1.82, 2.24) is 14.7 Å². The number of ether oxygens (including phenoxy) is 1. The molecule has 0 saturated carbocycles. The molecule has 5 heteroatoms. The maximum atomic E-state index is 12.0. The fourth-order valence-corrected chi connectivity index (χ4v) is 3.99. The van der Waals surface area contributed by atoms with Gasteiger partial charge < -0.3 is 9.64 Å². The van der Waals surface area contributed by atoms with Crippen molar-refractivity contribution in [3.8, 4) is 0 Å². The second-order valence-corrected chi connectivity index (χ2v) is 7.53. The Labute approximate surface area is 151 Å². The summed E-state index contributed by atoms with van der Waals surface area (Å²) in [4.78, 5) is 18.9. The fraction of sp³-hybridized carbons (Fsp3) is 0.650. The quantitative estimate of drug-likeness (QED) is 0.763. The predicted molar refractivity (Wildman–Crippen MR) is 99.4 cm³/mol. The van der Waals surface area contributed by atoms with Crippen LogP contribution in [0, 0.1) is 0 Å². The number of hydrogen-bond acceptors (Lipinski definition) is 4. The van der Waals surface area contributed by atoms with Crippen molar-refractivity contribution in [3.63, 3.8) is 0 Å². The van der Waals surface area contributed by atoms with E-state index in [0.29, 0.717) is 13.0 Å². The van der Waals surface area contributed by atoms with E-state index in [1.807, 2.05) is 30.1 Å². The van der Waals surface area contributed by atoms with Crippen molar-refractivity contribution in [1.29, 1.82) is 0 Å². The van der Waals surface area contributed by atoms with E-state index >= 15 is 0 Å². The Bertz CT molecular complexity index is 565. The standard InChI is InChI=1S/C20H31N3O2/c1-21-11-10-20(9-8-19(21)24)17-23(13-12-22(20)2)14-15-25-16-18-6-4-3-5-7-18/h3-7H,8-17H2,1-2H3/t20-/m1/s1. The van der Waals surface area contributed by atoms with Crippen molar-refractivity contribution >= 4 is 5.91 Å². The van der Waals surface area contributed by atoms with Gasteiger partial charge in [0.2, 0.25) is 5.91 Å². The number of piperazine rings is 1. The molecule has 1 atom stereocenters. The van der Waals surface area contributed by atoms with E-state index in [0.717, 1.165) is 52.2 Å². The lowest BCUT2D eigenvalue weighted by Gasteiger charge is -2.49. The molecule has 1 aromatic rings. The number of nitrogens with zero attached hydrogens (tertiary/aromatic N) is 3. The Morgan fingerprint density at radius 3 is 2.68 bits per heavy atom. The first-order chi connectivity index (χ1) is 12.1. The van der Waals surface area contributed by atoms with Gasteiger partial charge in [-0.2, -0.15) is 0 Å². The van der Waals surface area contributed by atoms with Crippen LogP contribution in [0.25, 0.3) is 0 Å². The monoisotopic (exact) mass is 345 g/mol. The fourth-order valence-electron chi connectivity index (χ4n) is 3.99. The average Bonchev–Trinajstić information content (AvgIpc) is 2.77. The van der Waals surface area contributed by atoms with Crippen LogP contribution in [0.4, 0.5) is 0 Å². The summed E-state index contributed by atoms with van der Waals surface area (Å²) in [6.45, 7) is 6.45. The summed E-state index contributed by atoms with van der Waals surface area (Å²) >= 11 is 0. The number of hydrogen-bond donors (Lipinski definition) is 0. The lowest BCUT2D eigenvalue weighted by atomic mass is 9.86. The summed E-state index contributed by atoms with van der Waals surface area (Å²) in [7, 11) is 4.15. The number of rotatable bonds is 5. The van der Waals surface area contributed by atoms with Gasteiger partial charge in [-0.25, -0.2) is 0 Å². The zero-order valence-electron chi connectivity index (χ0n) is 15.6. The highest BCUT2D eigenvalue weighted by molar-refractivity contribution is 5.76. The first-order valence-electron chi connectivity index (χ1n) is 9.38. The number of benzene rings is 1. The predicted octanol–water partition coefficient (Wildman–Crippen LogP) is 1.83. The van der Waals surface area contributed by atoms with Crippen LogP contribution < -0.4 is 0 Å². The first-order valence-corrected chi connectivity index (χ1v) is 9.38. The van der Waals surface area contributed by atoms with E-state index in [9.17, 15) is 4.79 Å². The second-order valence-electron chi connectivity index (χ2n) is 7.53. The molecular formula is C20H31N3O2. The molecule has 0 N–H and O–H groups in total. The third-order valence-corrected chi connectivity index (χ3v) is 5.89. The highest BCUT2D eigenvalue weighted by Crippen LogP contribution is 2.31. The maximum absolute atomic E-state index is 12.0. The summed E-state index contributed by atoms with van der Waals surface area (Å²) in [5.41, 5.74) is 1.36. The van der Waals surface area contributed by atoms with Crippen LogP contribution in [0.1, 0.15) is 24.8 Å². The molecule has 25 heavy (non-hydrogen) atoms. The Balaban J connectivity index is 1.49. The first kappa shape index (κ1) is 18.4. The molecule has 2 aliphatic rings. The van der Waals surface area contributed by atoms with Crippen LogP contribution in [0.5, 0.6) is 0 Å². The molecule has 0 radical (unpaired) electrons. The summed E-state index contributed by atoms with van der Waals surface area (Å²) in [5.74, 6) is 0.286. The van der Waals surface area contributed by atoms with Gasteiger partial charge in [0.05, 0.1) is 13.2 Å². The van der Waals surface area contributed by atoms with E-state index in [-0.39, 0.29) is 11.4 Å². The van der Waals surface area contributed by atoms with E-state index in [4.69, 9.17) is 4.74 Å². The smallest absolute Gasteiger partial charge is 0.222 e. The Kier molecular flexibility index (Phi) is 6.10. The molecule has 138 valence electrons. The normalized spacial score (nSPS) is 26.2. The van der Waals surface area contributed by atoms with Gasteiger partial charge in [-0.05, 0) is 25.5 Å². The molecule has 2 fully saturated rings. The third-order valence-electron chi connectivity index (χ3n) is 5.89. The Morgan fingerprint density at radius 2 is 1.88 bits per heavy atom. The highest BCUT2D eigenvalue weighted by atomic mass is 16.5. The van der Waals surface area contributed by atoms with Crippen LogP contribution >= 0.6 is 0 Å². The van der Waals surface area contributed by atoms with Crippen molar-refractivity contribution in [3.05, 3.63) is 35.9 Å². The summed E-state index contributed by atoms with van der Waals surface area (Å²) in [6.07, 6.45) is 2.69. The minimum atomic E-state index is 0.137. The van der Waals surface area contributed by atoms with Gasteiger partial charge in [0, 0.05) is 51.7 Å². The molecule has 1 aromatic carbocycles. The molecule has 2 aliphatic heterocycles. The molecule has 1 spiro atoms. The van der Waals surface area contributed by atoms with Crippen molar-refractivity contribution in [2.75, 3.05) is 53.4 Å². The van der Waals surface area contributed by atoms with Crippen molar-refractivity contribution < 1.29 is 9.53 Å². The number of amides is 1. The van der Waals surface area contributed by atoms with Crippen molar-refractivity contribution in [2.45, 2.75) is 31.4 Å². The van der Waals surface area contributed by atoms with E-state index < -0.39 is 0 Å². The van der Waals surface area contributed by atoms with Crippen LogP contribution in [0.15, 0.2) is 30.3 Å². The average molecular weight is 345 g/mol. The molecule has 0 aromatic heterocycles. The van der Waals surface area contributed by atoms with Gasteiger partial charge in [-0.3, -0.25) is 14.6 Å². The summed E-state index contributed by atoms with van der Waals surface area (Å²) < 4.78 is 5.87. The van der Waals surface area contributed by atoms with Crippen LogP contribution in [0.2, 0.25) is 0 Å². The van der Waals surface area contributed by atoms with Gasteiger partial charge >= 0.3 is 0 Å². The van der Waals surface area contributed by atoms with Gasteiger partial charge in [0.1, 0.15) is 0 Å². The van der Waals surface area contributed by atoms with E-state index in [1.54, 1.807) is 0 Å². The van der Waals surface area contributed by atoms with Gasteiger partial charge in [0.25, 0.3) is 0 Å². The van der Waals surface area contributed by atoms with E-state index in [2.05, 4.69) is 29.0 Å². The number of carbonyl (C=O) groups is 1. The molecule has 3 rings (SSSR count). The molecule has 2 heterocycles. The molecule has 0 unspecified atom stereocenters. The SMILES string of the molecule is CN1CC[C@]2(CCC1=O)CN(CCOCc1ccccc1)CCN2C. The lowest BCUT2D eigenvalue weighted by Crippen LogP contribution is -2.61. The summed E-state index contributed by atoms with van der Waals surface area (Å²) in [6, 6.07) is 10.3. The Hall–Kier alpha value is -1.43. The number of carbonyl (C=O) groups excluding carboxylic acids is 1. The lowest BCUT2D eigenvalue weighted by molar-refractivity contribution is -0.129. The molecule has 0 aliphatic carbocycles. The molecule has 0 bridgehead atoms. The third kappa shape index (κ3) is 4.60. The Morgan fingerprint density at radius 1 is 1.08 bits per heavy atom. The van der Waals surface area contributed by atoms with Crippen molar-refractivity contribution in [2.24, 2.45) is 0 Å². The molecule has 1 amide bonds. The summed E-state index contributed by atoms with van der Waals surface area (Å²) in [5, 5.41) is 0. The van der Waals surface area contributed by atoms with Gasteiger partial charge in [-0.1, -0.05) is 30.3 Å². The van der Waals surface area contributed by atoms with Gasteiger partial charge in [-0.15, -0.1) is 0 Å².